The zero-order valence-electron chi connectivity index (χ0n) is 12.7. The number of nitrogens with zero attached hydrogens (tertiary/aromatic N) is 1. The third kappa shape index (κ3) is 4.08. The Morgan fingerprint density at radius 1 is 1.37 bits per heavy atom. The van der Waals surface area contributed by atoms with Gasteiger partial charge in [0.25, 0.3) is 0 Å². The van der Waals surface area contributed by atoms with Gasteiger partial charge in [-0.15, -0.1) is 0 Å². The first-order chi connectivity index (χ1) is 9.22. The Balaban J connectivity index is 1.90. The summed E-state index contributed by atoms with van der Waals surface area (Å²) in [7, 11) is 0. The maximum atomic E-state index is 5.82. The lowest BCUT2D eigenvalue weighted by atomic mass is 9.85. The van der Waals surface area contributed by atoms with E-state index in [9.17, 15) is 0 Å². The predicted molar refractivity (Wildman–Crippen MR) is 79.1 cm³/mol. The van der Waals surface area contributed by atoms with E-state index in [4.69, 9.17) is 4.42 Å². The number of rotatable bonds is 8. The second-order valence-electron chi connectivity index (χ2n) is 5.70. The number of nitrogens with one attached hydrogen (secondary N) is 1. The molecule has 1 N–H and O–H groups in total. The van der Waals surface area contributed by atoms with Crippen molar-refractivity contribution < 1.29 is 4.42 Å². The molecule has 0 unspecified atom stereocenters. The minimum absolute atomic E-state index is 0.839. The lowest BCUT2D eigenvalue weighted by Crippen LogP contribution is -2.32. The molecule has 0 bridgehead atoms. The largest absolute Gasteiger partial charge is 0.465 e. The summed E-state index contributed by atoms with van der Waals surface area (Å²) < 4.78 is 5.82. The van der Waals surface area contributed by atoms with Gasteiger partial charge < -0.3 is 9.73 Å². The number of hydrogen-bond donors (Lipinski definition) is 1. The first kappa shape index (κ1) is 14.6. The van der Waals surface area contributed by atoms with Crippen molar-refractivity contribution in [2.45, 2.75) is 53.1 Å². The maximum absolute atomic E-state index is 5.82. The molecule has 1 aromatic rings. The van der Waals surface area contributed by atoms with Crippen LogP contribution in [0.25, 0.3) is 0 Å². The molecule has 1 heterocycles. The molecule has 0 saturated heterocycles. The van der Waals surface area contributed by atoms with Crippen molar-refractivity contribution in [2.24, 2.45) is 5.92 Å². The molecule has 1 aliphatic rings. The Morgan fingerprint density at radius 2 is 2.16 bits per heavy atom. The standard InChI is InChI=1S/C16H28N2O/c1-4-17-10-16-9-15(13(3)19-16)12-18(5-2)11-14-7-6-8-14/h9,14,17H,4-8,10-12H2,1-3H3. The molecule has 2 rings (SSSR count). The molecule has 1 saturated carbocycles. The molecule has 3 heteroatoms. The van der Waals surface area contributed by atoms with E-state index < -0.39 is 0 Å². The molecule has 0 amide bonds. The van der Waals surface area contributed by atoms with Crippen molar-refractivity contribution >= 4 is 0 Å². The van der Waals surface area contributed by atoms with Crippen LogP contribution < -0.4 is 5.32 Å². The Morgan fingerprint density at radius 3 is 2.74 bits per heavy atom. The zero-order chi connectivity index (χ0) is 13.7. The maximum Gasteiger partial charge on any atom is 0.118 e. The van der Waals surface area contributed by atoms with E-state index in [1.54, 1.807) is 0 Å². The summed E-state index contributed by atoms with van der Waals surface area (Å²) in [5.74, 6) is 3.09. The Kier molecular flexibility index (Phi) is 5.46. The highest BCUT2D eigenvalue weighted by Crippen LogP contribution is 2.28. The fourth-order valence-electron chi connectivity index (χ4n) is 2.67. The van der Waals surface area contributed by atoms with Crippen LogP contribution in [0.3, 0.4) is 0 Å². The van der Waals surface area contributed by atoms with E-state index in [0.29, 0.717) is 0 Å². The number of furan rings is 1. The second-order valence-corrected chi connectivity index (χ2v) is 5.70. The summed E-state index contributed by atoms with van der Waals surface area (Å²) in [4.78, 5) is 2.55. The molecule has 1 aliphatic carbocycles. The molecule has 3 nitrogen and oxygen atoms in total. The van der Waals surface area contributed by atoms with Gasteiger partial charge in [0.2, 0.25) is 0 Å². The van der Waals surface area contributed by atoms with Crippen LogP contribution in [0, 0.1) is 12.8 Å². The van der Waals surface area contributed by atoms with Crippen LogP contribution in [0.15, 0.2) is 10.5 Å². The van der Waals surface area contributed by atoms with Gasteiger partial charge in [-0.3, -0.25) is 4.90 Å². The SMILES string of the molecule is CCNCc1cc(CN(CC)CC2CCC2)c(C)o1. The van der Waals surface area contributed by atoms with E-state index in [-0.39, 0.29) is 0 Å². The van der Waals surface area contributed by atoms with Crippen LogP contribution >= 0.6 is 0 Å². The zero-order valence-corrected chi connectivity index (χ0v) is 12.7. The Labute approximate surface area is 117 Å². The van der Waals surface area contributed by atoms with Gasteiger partial charge in [-0.25, -0.2) is 0 Å². The van der Waals surface area contributed by atoms with Crippen molar-refractivity contribution in [1.82, 2.24) is 10.2 Å². The van der Waals surface area contributed by atoms with Gasteiger partial charge in [0.05, 0.1) is 6.54 Å². The third-order valence-electron chi connectivity index (χ3n) is 4.20. The predicted octanol–water partition coefficient (Wildman–Crippen LogP) is 3.32. The van der Waals surface area contributed by atoms with E-state index >= 15 is 0 Å². The summed E-state index contributed by atoms with van der Waals surface area (Å²) in [6.07, 6.45) is 4.28. The first-order valence-corrected chi connectivity index (χ1v) is 7.74. The minimum atomic E-state index is 0.839. The number of hydrogen-bond acceptors (Lipinski definition) is 3. The van der Waals surface area contributed by atoms with Gasteiger partial charge in [-0.05, 0) is 44.8 Å². The van der Waals surface area contributed by atoms with Crippen molar-refractivity contribution in [1.29, 1.82) is 0 Å². The lowest BCUT2D eigenvalue weighted by Gasteiger charge is -2.31. The third-order valence-corrected chi connectivity index (χ3v) is 4.20. The molecular formula is C16H28N2O. The lowest BCUT2D eigenvalue weighted by molar-refractivity contribution is 0.177. The summed E-state index contributed by atoms with van der Waals surface area (Å²) in [5, 5.41) is 3.32. The highest BCUT2D eigenvalue weighted by Gasteiger charge is 2.20. The highest BCUT2D eigenvalue weighted by atomic mass is 16.3. The average molecular weight is 264 g/mol. The van der Waals surface area contributed by atoms with Crippen molar-refractivity contribution in [2.75, 3.05) is 19.6 Å². The molecule has 1 fully saturated rings. The summed E-state index contributed by atoms with van der Waals surface area (Å²) >= 11 is 0. The van der Waals surface area contributed by atoms with E-state index in [2.05, 4.69) is 37.1 Å². The van der Waals surface area contributed by atoms with Gasteiger partial charge in [-0.2, -0.15) is 0 Å². The minimum Gasteiger partial charge on any atom is -0.465 e. The summed E-state index contributed by atoms with van der Waals surface area (Å²) in [6, 6.07) is 2.22. The molecule has 0 radical (unpaired) electrons. The normalized spacial score (nSPS) is 16.0. The van der Waals surface area contributed by atoms with Gasteiger partial charge in [0.1, 0.15) is 11.5 Å². The van der Waals surface area contributed by atoms with E-state index in [1.165, 1.54) is 31.4 Å². The monoisotopic (exact) mass is 264 g/mol. The fourth-order valence-corrected chi connectivity index (χ4v) is 2.67. The first-order valence-electron chi connectivity index (χ1n) is 7.74. The smallest absolute Gasteiger partial charge is 0.118 e. The highest BCUT2D eigenvalue weighted by molar-refractivity contribution is 5.20. The average Bonchev–Trinajstić information content (AvgIpc) is 2.70. The molecule has 0 atom stereocenters. The van der Waals surface area contributed by atoms with E-state index in [1.807, 2.05) is 0 Å². The molecule has 108 valence electrons. The van der Waals surface area contributed by atoms with Gasteiger partial charge in [0, 0.05) is 18.7 Å². The van der Waals surface area contributed by atoms with Crippen molar-refractivity contribution in [3.05, 3.63) is 23.2 Å². The molecule has 0 aliphatic heterocycles. The molecule has 0 spiro atoms. The van der Waals surface area contributed by atoms with E-state index in [0.717, 1.165) is 43.6 Å². The van der Waals surface area contributed by atoms with Crippen molar-refractivity contribution in [3.8, 4) is 0 Å². The van der Waals surface area contributed by atoms with Gasteiger partial charge >= 0.3 is 0 Å². The van der Waals surface area contributed by atoms with Gasteiger partial charge in [0.15, 0.2) is 0 Å². The molecular weight excluding hydrogens is 236 g/mol. The van der Waals surface area contributed by atoms with Crippen LogP contribution in [-0.2, 0) is 13.1 Å². The Hall–Kier alpha value is -0.800. The second kappa shape index (κ2) is 7.11. The molecule has 1 aromatic heterocycles. The van der Waals surface area contributed by atoms with Crippen LogP contribution in [-0.4, -0.2) is 24.5 Å². The Bertz CT molecular complexity index is 382. The number of aryl methyl sites for hydroxylation is 1. The summed E-state index contributed by atoms with van der Waals surface area (Å²) in [5.41, 5.74) is 1.36. The molecule has 0 aromatic carbocycles. The fraction of sp³-hybridized carbons (Fsp3) is 0.750. The van der Waals surface area contributed by atoms with Crippen LogP contribution in [0.2, 0.25) is 0 Å². The van der Waals surface area contributed by atoms with Gasteiger partial charge in [-0.1, -0.05) is 20.3 Å². The quantitative estimate of drug-likeness (QED) is 0.781. The van der Waals surface area contributed by atoms with Crippen LogP contribution in [0.4, 0.5) is 0 Å². The molecule has 19 heavy (non-hydrogen) atoms. The summed E-state index contributed by atoms with van der Waals surface area (Å²) in [6.45, 7) is 11.7. The topological polar surface area (TPSA) is 28.4 Å². The van der Waals surface area contributed by atoms with Crippen molar-refractivity contribution in [3.63, 3.8) is 0 Å². The van der Waals surface area contributed by atoms with Crippen LogP contribution in [0.5, 0.6) is 0 Å². The van der Waals surface area contributed by atoms with Crippen LogP contribution in [0.1, 0.15) is 50.2 Å².